The number of ether oxygens (including phenoxy) is 1. The van der Waals surface area contributed by atoms with Crippen molar-refractivity contribution in [2.45, 2.75) is 37.5 Å². The molecule has 0 aliphatic carbocycles. The molecule has 0 radical (unpaired) electrons. The molecule has 1 saturated heterocycles. The van der Waals surface area contributed by atoms with Crippen LogP contribution in [0.3, 0.4) is 0 Å². The van der Waals surface area contributed by atoms with E-state index in [2.05, 4.69) is 0 Å². The van der Waals surface area contributed by atoms with Crippen LogP contribution in [0.5, 0.6) is 5.75 Å². The van der Waals surface area contributed by atoms with Crippen molar-refractivity contribution in [2.24, 2.45) is 0 Å². The summed E-state index contributed by atoms with van der Waals surface area (Å²) in [6.45, 7) is 3.26. The van der Waals surface area contributed by atoms with Crippen LogP contribution in [0.4, 0.5) is 0 Å². The zero-order valence-electron chi connectivity index (χ0n) is 11.6. The molecule has 1 aromatic rings. The Balaban J connectivity index is 2.34. The van der Waals surface area contributed by atoms with Gasteiger partial charge in [-0.2, -0.15) is 4.31 Å². The van der Waals surface area contributed by atoms with Gasteiger partial charge in [0.15, 0.2) is 0 Å². The van der Waals surface area contributed by atoms with Gasteiger partial charge >= 0.3 is 0 Å². The van der Waals surface area contributed by atoms with E-state index in [0.717, 1.165) is 37.0 Å². The average molecular weight is 283 g/mol. The van der Waals surface area contributed by atoms with E-state index in [4.69, 9.17) is 4.74 Å². The Morgan fingerprint density at radius 2 is 1.89 bits per heavy atom. The lowest BCUT2D eigenvalue weighted by molar-refractivity contribution is 0.346. The quantitative estimate of drug-likeness (QED) is 0.852. The third-order valence-corrected chi connectivity index (χ3v) is 5.48. The van der Waals surface area contributed by atoms with E-state index in [-0.39, 0.29) is 0 Å². The SMILES string of the molecule is CCc1cc(S(=O)(=O)N2CCCCC2)ccc1OC. The molecule has 0 bridgehead atoms. The molecular formula is C14H21NO3S. The number of rotatable bonds is 4. The first-order valence-corrected chi connectivity index (χ1v) is 8.20. The van der Waals surface area contributed by atoms with Gasteiger partial charge in [0.25, 0.3) is 0 Å². The van der Waals surface area contributed by atoms with Gasteiger partial charge in [-0.3, -0.25) is 0 Å². The number of methoxy groups -OCH3 is 1. The lowest BCUT2D eigenvalue weighted by Crippen LogP contribution is -2.35. The van der Waals surface area contributed by atoms with Crippen LogP contribution < -0.4 is 4.74 Å². The van der Waals surface area contributed by atoms with Crippen LogP contribution >= 0.6 is 0 Å². The number of benzene rings is 1. The fraction of sp³-hybridized carbons (Fsp3) is 0.571. The van der Waals surface area contributed by atoms with Crippen molar-refractivity contribution in [3.8, 4) is 5.75 Å². The van der Waals surface area contributed by atoms with Crippen molar-refractivity contribution in [1.29, 1.82) is 0 Å². The number of aryl methyl sites for hydroxylation is 1. The van der Waals surface area contributed by atoms with E-state index < -0.39 is 10.0 Å². The van der Waals surface area contributed by atoms with E-state index in [0.29, 0.717) is 18.0 Å². The van der Waals surface area contributed by atoms with Crippen molar-refractivity contribution in [3.63, 3.8) is 0 Å². The summed E-state index contributed by atoms with van der Waals surface area (Å²) < 4.78 is 31.9. The lowest BCUT2D eigenvalue weighted by atomic mass is 10.1. The molecule has 0 aromatic heterocycles. The van der Waals surface area contributed by atoms with E-state index in [1.807, 2.05) is 6.92 Å². The zero-order chi connectivity index (χ0) is 13.9. The van der Waals surface area contributed by atoms with Gasteiger partial charge in [-0.15, -0.1) is 0 Å². The number of piperidine rings is 1. The summed E-state index contributed by atoms with van der Waals surface area (Å²) in [5.74, 6) is 0.750. The van der Waals surface area contributed by atoms with Gasteiger partial charge in [-0.25, -0.2) is 8.42 Å². The Labute approximate surface area is 115 Å². The van der Waals surface area contributed by atoms with Gasteiger partial charge in [-0.1, -0.05) is 13.3 Å². The van der Waals surface area contributed by atoms with Crippen LogP contribution in [0.1, 0.15) is 31.7 Å². The zero-order valence-corrected chi connectivity index (χ0v) is 12.4. The highest BCUT2D eigenvalue weighted by molar-refractivity contribution is 7.89. The van der Waals surface area contributed by atoms with E-state index in [1.165, 1.54) is 0 Å². The highest BCUT2D eigenvalue weighted by Crippen LogP contribution is 2.26. The normalized spacial score (nSPS) is 17.4. The Morgan fingerprint density at radius 1 is 1.21 bits per heavy atom. The Morgan fingerprint density at radius 3 is 2.47 bits per heavy atom. The maximum absolute atomic E-state index is 12.5. The Bertz CT molecular complexity index is 534. The molecule has 0 unspecified atom stereocenters. The summed E-state index contributed by atoms with van der Waals surface area (Å²) in [7, 11) is -1.74. The molecule has 1 aliphatic heterocycles. The molecule has 0 atom stereocenters. The van der Waals surface area contributed by atoms with Gasteiger partial charge in [0.05, 0.1) is 12.0 Å². The fourth-order valence-electron chi connectivity index (χ4n) is 2.45. The fourth-order valence-corrected chi connectivity index (χ4v) is 4.01. The van der Waals surface area contributed by atoms with E-state index in [9.17, 15) is 8.42 Å². The molecule has 2 rings (SSSR count). The van der Waals surface area contributed by atoms with Crippen LogP contribution in [0.15, 0.2) is 23.1 Å². The molecule has 106 valence electrons. The first kappa shape index (κ1) is 14.3. The smallest absolute Gasteiger partial charge is 0.243 e. The molecular weight excluding hydrogens is 262 g/mol. The summed E-state index contributed by atoms with van der Waals surface area (Å²) >= 11 is 0. The molecule has 0 N–H and O–H groups in total. The molecule has 5 heteroatoms. The highest BCUT2D eigenvalue weighted by atomic mass is 32.2. The lowest BCUT2D eigenvalue weighted by Gasteiger charge is -2.26. The first-order valence-electron chi connectivity index (χ1n) is 6.76. The average Bonchev–Trinajstić information content (AvgIpc) is 2.47. The molecule has 1 aromatic carbocycles. The predicted molar refractivity (Wildman–Crippen MR) is 75.0 cm³/mol. The summed E-state index contributed by atoms with van der Waals surface area (Å²) in [6.07, 6.45) is 3.79. The van der Waals surface area contributed by atoms with Crippen molar-refractivity contribution in [2.75, 3.05) is 20.2 Å². The summed E-state index contributed by atoms with van der Waals surface area (Å²) in [6, 6.07) is 5.13. The number of hydrogen-bond acceptors (Lipinski definition) is 3. The molecule has 19 heavy (non-hydrogen) atoms. The topological polar surface area (TPSA) is 46.6 Å². The second-order valence-corrected chi connectivity index (χ2v) is 6.73. The highest BCUT2D eigenvalue weighted by Gasteiger charge is 2.26. The summed E-state index contributed by atoms with van der Waals surface area (Å²) in [5, 5.41) is 0. The summed E-state index contributed by atoms with van der Waals surface area (Å²) in [4.78, 5) is 0.382. The number of hydrogen-bond donors (Lipinski definition) is 0. The van der Waals surface area contributed by atoms with Gasteiger partial charge < -0.3 is 4.74 Å². The van der Waals surface area contributed by atoms with Crippen molar-refractivity contribution >= 4 is 10.0 Å². The minimum Gasteiger partial charge on any atom is -0.496 e. The number of sulfonamides is 1. The molecule has 0 amide bonds. The third kappa shape index (κ3) is 2.92. The van der Waals surface area contributed by atoms with Crippen LogP contribution in [0, 0.1) is 0 Å². The second-order valence-electron chi connectivity index (χ2n) is 4.79. The van der Waals surface area contributed by atoms with E-state index >= 15 is 0 Å². The molecule has 0 saturated carbocycles. The summed E-state index contributed by atoms with van der Waals surface area (Å²) in [5.41, 5.74) is 0.931. The van der Waals surface area contributed by atoms with Crippen molar-refractivity contribution in [3.05, 3.63) is 23.8 Å². The Kier molecular flexibility index (Phi) is 4.47. The van der Waals surface area contributed by atoms with Crippen LogP contribution in [0.2, 0.25) is 0 Å². The van der Waals surface area contributed by atoms with Crippen LogP contribution in [-0.4, -0.2) is 32.9 Å². The molecule has 0 spiro atoms. The molecule has 1 heterocycles. The largest absolute Gasteiger partial charge is 0.496 e. The first-order chi connectivity index (χ1) is 9.09. The maximum atomic E-state index is 12.5. The van der Waals surface area contributed by atoms with Crippen LogP contribution in [0.25, 0.3) is 0 Å². The number of nitrogens with zero attached hydrogens (tertiary/aromatic N) is 1. The second kappa shape index (κ2) is 5.92. The standard InChI is InChI=1S/C14H21NO3S/c1-3-12-11-13(7-8-14(12)18-2)19(16,17)15-9-5-4-6-10-15/h7-8,11H,3-6,9-10H2,1-2H3. The molecule has 1 aliphatic rings. The van der Waals surface area contributed by atoms with Gasteiger partial charge in [0, 0.05) is 13.1 Å². The third-order valence-electron chi connectivity index (χ3n) is 3.59. The minimum atomic E-state index is -3.34. The predicted octanol–water partition coefficient (Wildman–Crippen LogP) is 2.43. The van der Waals surface area contributed by atoms with Gasteiger partial charge in [0.1, 0.15) is 5.75 Å². The maximum Gasteiger partial charge on any atom is 0.243 e. The minimum absolute atomic E-state index is 0.382. The van der Waals surface area contributed by atoms with Gasteiger partial charge in [-0.05, 0) is 43.0 Å². The van der Waals surface area contributed by atoms with Crippen molar-refractivity contribution < 1.29 is 13.2 Å². The molecule has 4 nitrogen and oxygen atoms in total. The van der Waals surface area contributed by atoms with E-state index in [1.54, 1.807) is 29.6 Å². The van der Waals surface area contributed by atoms with Gasteiger partial charge in [0.2, 0.25) is 10.0 Å². The molecule has 1 fully saturated rings. The van der Waals surface area contributed by atoms with Crippen molar-refractivity contribution in [1.82, 2.24) is 4.31 Å². The van der Waals surface area contributed by atoms with Crippen LogP contribution in [-0.2, 0) is 16.4 Å². The monoisotopic (exact) mass is 283 g/mol. The Hall–Kier alpha value is -1.07.